The molecule has 0 radical (unpaired) electrons. The fourth-order valence-corrected chi connectivity index (χ4v) is 1.99. The van der Waals surface area contributed by atoms with Gasteiger partial charge >= 0.3 is 0 Å². The number of nitrogens with zero attached hydrogens (tertiary/aromatic N) is 3. The summed E-state index contributed by atoms with van der Waals surface area (Å²) in [5, 5.41) is 20.1. The van der Waals surface area contributed by atoms with Gasteiger partial charge in [0.25, 0.3) is 5.69 Å². The maximum absolute atomic E-state index is 11.0. The van der Waals surface area contributed by atoms with Crippen molar-refractivity contribution in [2.45, 2.75) is 13.0 Å². The first-order valence-corrected chi connectivity index (χ1v) is 6.47. The summed E-state index contributed by atoms with van der Waals surface area (Å²) < 4.78 is 5.01. The maximum Gasteiger partial charge on any atom is 0.273 e. The van der Waals surface area contributed by atoms with Crippen LogP contribution in [0, 0.1) is 21.4 Å². The molecule has 0 spiro atoms. The van der Waals surface area contributed by atoms with Gasteiger partial charge in [-0.1, -0.05) is 11.6 Å². The van der Waals surface area contributed by atoms with Crippen LogP contribution in [0.3, 0.4) is 0 Å². The Hall–Kier alpha value is -1.68. The van der Waals surface area contributed by atoms with Gasteiger partial charge in [0.1, 0.15) is 0 Å². The highest BCUT2D eigenvalue weighted by Gasteiger charge is 2.16. The lowest BCUT2D eigenvalue weighted by atomic mass is 10.1. The predicted molar refractivity (Wildman–Crippen MR) is 75.5 cm³/mol. The molecule has 1 rings (SSSR count). The van der Waals surface area contributed by atoms with Gasteiger partial charge in [0, 0.05) is 49.8 Å². The third kappa shape index (κ3) is 5.13. The molecule has 0 unspecified atom stereocenters. The molecular weight excluding hydrogens is 282 g/mol. The predicted octanol–water partition coefficient (Wildman–Crippen LogP) is 2.61. The van der Waals surface area contributed by atoms with Crippen LogP contribution >= 0.6 is 11.6 Å². The monoisotopic (exact) mass is 297 g/mol. The molecule has 0 saturated heterocycles. The Morgan fingerprint density at radius 3 is 2.85 bits per heavy atom. The number of hydrogen-bond donors (Lipinski definition) is 0. The Bertz CT molecular complexity index is 502. The van der Waals surface area contributed by atoms with Crippen molar-refractivity contribution in [1.82, 2.24) is 4.90 Å². The quantitative estimate of drug-likeness (QED) is 0.544. The number of nitro groups is 1. The van der Waals surface area contributed by atoms with Gasteiger partial charge in [-0.05, 0) is 12.1 Å². The van der Waals surface area contributed by atoms with Gasteiger partial charge in [0.05, 0.1) is 17.6 Å². The minimum Gasteiger partial charge on any atom is -0.383 e. The molecule has 0 fully saturated rings. The molecule has 0 aliphatic rings. The fourth-order valence-electron chi connectivity index (χ4n) is 1.80. The smallest absolute Gasteiger partial charge is 0.273 e. The molecule has 108 valence electrons. The Balaban J connectivity index is 2.88. The lowest BCUT2D eigenvalue weighted by Crippen LogP contribution is -2.28. The van der Waals surface area contributed by atoms with Crippen LogP contribution < -0.4 is 0 Å². The maximum atomic E-state index is 11.0. The van der Waals surface area contributed by atoms with Crippen molar-refractivity contribution >= 4 is 17.3 Å². The molecule has 1 aromatic carbocycles. The third-order valence-corrected chi connectivity index (χ3v) is 3.02. The highest BCUT2D eigenvalue weighted by molar-refractivity contribution is 6.30. The van der Waals surface area contributed by atoms with Gasteiger partial charge in [0.2, 0.25) is 0 Å². The van der Waals surface area contributed by atoms with Crippen LogP contribution in [0.15, 0.2) is 18.2 Å². The SMILES string of the molecule is COCCN(CCC#N)Cc1cc(Cl)ccc1[N+](=O)[O-]. The molecule has 1 aromatic rings. The van der Waals surface area contributed by atoms with E-state index in [0.717, 1.165) is 0 Å². The Morgan fingerprint density at radius 2 is 2.25 bits per heavy atom. The zero-order valence-corrected chi connectivity index (χ0v) is 12.0. The second kappa shape index (κ2) is 8.48. The van der Waals surface area contributed by atoms with Gasteiger partial charge in [0.15, 0.2) is 0 Å². The standard InChI is InChI=1S/C13H16ClN3O3/c1-20-8-7-16(6-2-5-15)10-11-9-12(14)3-4-13(11)17(18)19/h3-4,9H,2,6-8,10H2,1H3. The van der Waals surface area contributed by atoms with Crippen LogP contribution in [-0.4, -0.2) is 36.6 Å². The number of benzene rings is 1. The molecular formula is C13H16ClN3O3. The Kier molecular flexibility index (Phi) is 6.94. The highest BCUT2D eigenvalue weighted by atomic mass is 35.5. The van der Waals surface area contributed by atoms with Crippen molar-refractivity contribution in [3.63, 3.8) is 0 Å². The van der Waals surface area contributed by atoms with Crippen LogP contribution in [0.1, 0.15) is 12.0 Å². The topological polar surface area (TPSA) is 79.4 Å². The molecule has 0 aliphatic carbocycles. The zero-order chi connectivity index (χ0) is 15.0. The lowest BCUT2D eigenvalue weighted by molar-refractivity contribution is -0.385. The van der Waals surface area contributed by atoms with Crippen LogP contribution in [-0.2, 0) is 11.3 Å². The third-order valence-electron chi connectivity index (χ3n) is 2.78. The number of nitro benzene ring substituents is 1. The van der Waals surface area contributed by atoms with E-state index in [1.165, 1.54) is 12.1 Å². The van der Waals surface area contributed by atoms with Crippen molar-refractivity contribution in [2.75, 3.05) is 26.8 Å². The van der Waals surface area contributed by atoms with Crippen molar-refractivity contribution in [3.05, 3.63) is 38.9 Å². The molecule has 0 N–H and O–H groups in total. The van der Waals surface area contributed by atoms with Crippen LogP contribution in [0.25, 0.3) is 0 Å². The number of ether oxygens (including phenoxy) is 1. The number of nitriles is 1. The van der Waals surface area contributed by atoms with E-state index in [1.807, 2.05) is 4.90 Å². The molecule has 0 heterocycles. The second-order valence-electron chi connectivity index (χ2n) is 4.21. The first-order valence-electron chi connectivity index (χ1n) is 6.09. The minimum atomic E-state index is -0.426. The Morgan fingerprint density at radius 1 is 1.50 bits per heavy atom. The first kappa shape index (κ1) is 16.4. The van der Waals surface area contributed by atoms with E-state index >= 15 is 0 Å². The average molecular weight is 298 g/mol. The van der Waals surface area contributed by atoms with E-state index in [0.29, 0.717) is 43.2 Å². The lowest BCUT2D eigenvalue weighted by Gasteiger charge is -2.20. The number of hydrogen-bond acceptors (Lipinski definition) is 5. The summed E-state index contributed by atoms with van der Waals surface area (Å²) in [6.45, 7) is 1.99. The van der Waals surface area contributed by atoms with E-state index in [-0.39, 0.29) is 5.69 Å². The van der Waals surface area contributed by atoms with Gasteiger partial charge in [-0.3, -0.25) is 15.0 Å². The first-order chi connectivity index (χ1) is 9.58. The van der Waals surface area contributed by atoms with Gasteiger partial charge < -0.3 is 4.74 Å². The Labute approximate surface area is 122 Å². The van der Waals surface area contributed by atoms with Crippen LogP contribution in [0.5, 0.6) is 0 Å². The van der Waals surface area contributed by atoms with Crippen molar-refractivity contribution in [1.29, 1.82) is 5.26 Å². The summed E-state index contributed by atoms with van der Waals surface area (Å²) in [5.74, 6) is 0. The van der Waals surface area contributed by atoms with E-state index < -0.39 is 4.92 Å². The number of rotatable bonds is 8. The average Bonchev–Trinajstić information content (AvgIpc) is 2.41. The summed E-state index contributed by atoms with van der Waals surface area (Å²) in [7, 11) is 1.59. The van der Waals surface area contributed by atoms with Gasteiger partial charge in [-0.15, -0.1) is 0 Å². The highest BCUT2D eigenvalue weighted by Crippen LogP contribution is 2.24. The van der Waals surface area contributed by atoms with Gasteiger partial charge in [-0.2, -0.15) is 5.26 Å². The molecule has 7 heteroatoms. The van der Waals surface area contributed by atoms with Crippen molar-refractivity contribution in [2.24, 2.45) is 0 Å². The number of halogens is 1. The molecule has 0 atom stereocenters. The van der Waals surface area contributed by atoms with E-state index in [4.69, 9.17) is 21.6 Å². The zero-order valence-electron chi connectivity index (χ0n) is 11.2. The largest absolute Gasteiger partial charge is 0.383 e. The van der Waals surface area contributed by atoms with Crippen molar-refractivity contribution < 1.29 is 9.66 Å². The molecule has 0 aromatic heterocycles. The fraction of sp³-hybridized carbons (Fsp3) is 0.462. The molecule has 20 heavy (non-hydrogen) atoms. The second-order valence-corrected chi connectivity index (χ2v) is 4.64. The summed E-state index contributed by atoms with van der Waals surface area (Å²) in [4.78, 5) is 12.5. The molecule has 6 nitrogen and oxygen atoms in total. The van der Waals surface area contributed by atoms with E-state index in [1.54, 1.807) is 13.2 Å². The van der Waals surface area contributed by atoms with Gasteiger partial charge in [-0.25, -0.2) is 0 Å². The summed E-state index contributed by atoms with van der Waals surface area (Å²) in [6, 6.07) is 6.55. The molecule has 0 amide bonds. The van der Waals surface area contributed by atoms with Crippen LogP contribution in [0.2, 0.25) is 5.02 Å². The molecule has 0 aliphatic heterocycles. The number of methoxy groups -OCH3 is 1. The van der Waals surface area contributed by atoms with Crippen molar-refractivity contribution in [3.8, 4) is 6.07 Å². The molecule has 0 saturated carbocycles. The normalized spacial score (nSPS) is 10.5. The van der Waals surface area contributed by atoms with E-state index in [2.05, 4.69) is 6.07 Å². The van der Waals surface area contributed by atoms with Crippen LogP contribution in [0.4, 0.5) is 5.69 Å². The summed E-state index contributed by atoms with van der Waals surface area (Å²) in [6.07, 6.45) is 0.359. The summed E-state index contributed by atoms with van der Waals surface area (Å²) >= 11 is 5.90. The summed E-state index contributed by atoms with van der Waals surface area (Å²) in [5.41, 5.74) is 0.574. The molecule has 0 bridgehead atoms. The minimum absolute atomic E-state index is 0.0359. The van der Waals surface area contributed by atoms with E-state index in [9.17, 15) is 10.1 Å².